The summed E-state index contributed by atoms with van der Waals surface area (Å²) in [6, 6.07) is 9.71. The fourth-order valence-corrected chi connectivity index (χ4v) is 5.50. The number of thiophene rings is 1. The van der Waals surface area contributed by atoms with Crippen molar-refractivity contribution < 1.29 is 4.52 Å². The predicted octanol–water partition coefficient (Wildman–Crippen LogP) is 5.86. The van der Waals surface area contributed by atoms with Crippen LogP contribution in [0.4, 0.5) is 0 Å². The van der Waals surface area contributed by atoms with Gasteiger partial charge < -0.3 is 4.52 Å². The Morgan fingerprint density at radius 2 is 1.94 bits per heavy atom. The molecule has 6 nitrogen and oxygen atoms in total. The molecule has 0 aliphatic heterocycles. The molecule has 1 fully saturated rings. The fraction of sp³-hybridized carbons (Fsp3) is 0.391. The molecule has 5 rings (SSSR count). The predicted molar refractivity (Wildman–Crippen MR) is 124 cm³/mol. The van der Waals surface area contributed by atoms with E-state index in [1.165, 1.54) is 11.8 Å². The Balaban J connectivity index is 1.60. The Morgan fingerprint density at radius 1 is 1.19 bits per heavy atom. The van der Waals surface area contributed by atoms with Crippen molar-refractivity contribution in [2.75, 3.05) is 0 Å². The first-order chi connectivity index (χ1) is 14.8. The first kappa shape index (κ1) is 20.5. The molecule has 160 valence electrons. The molecule has 1 aliphatic rings. The second-order valence-electron chi connectivity index (χ2n) is 8.98. The average Bonchev–Trinajstić information content (AvgIpc) is 3.27. The van der Waals surface area contributed by atoms with Gasteiger partial charge in [-0.2, -0.15) is 4.98 Å². The molecule has 0 spiro atoms. The van der Waals surface area contributed by atoms with E-state index in [-0.39, 0.29) is 16.2 Å². The summed E-state index contributed by atoms with van der Waals surface area (Å²) in [5.41, 5.74) is 1.77. The van der Waals surface area contributed by atoms with E-state index in [1.54, 1.807) is 15.9 Å². The van der Waals surface area contributed by atoms with Crippen LogP contribution in [0.3, 0.4) is 0 Å². The van der Waals surface area contributed by atoms with Crippen LogP contribution in [0.1, 0.15) is 69.0 Å². The summed E-state index contributed by atoms with van der Waals surface area (Å²) >= 11 is 3.02. The maximum absolute atomic E-state index is 13.7. The van der Waals surface area contributed by atoms with Crippen LogP contribution in [-0.4, -0.2) is 19.7 Å². The van der Waals surface area contributed by atoms with Gasteiger partial charge in [-0.1, -0.05) is 55.9 Å². The lowest BCUT2D eigenvalue weighted by Crippen LogP contribution is -2.22. The van der Waals surface area contributed by atoms with Gasteiger partial charge in [0.15, 0.2) is 11.0 Å². The molecule has 31 heavy (non-hydrogen) atoms. The molecule has 1 saturated carbocycles. The lowest BCUT2D eigenvalue weighted by molar-refractivity contribution is 0.364. The molecular formula is C23H24N4O2S2. The summed E-state index contributed by atoms with van der Waals surface area (Å²) < 4.78 is 7.26. The standard InChI is InChI=1S/C23H24N4O2S2/c1-13(18-24-21(26-29-18)23(2,3)4)31-22-25-19-17(16(12-30-19)14-10-11-14)20(28)27(22)15-8-6-5-7-9-15/h5-9,12-14H,10-11H2,1-4H3/t13-/m0/s1. The number of hydrogen-bond acceptors (Lipinski definition) is 7. The van der Waals surface area contributed by atoms with E-state index in [4.69, 9.17) is 9.51 Å². The topological polar surface area (TPSA) is 73.8 Å². The molecule has 0 saturated heterocycles. The highest BCUT2D eigenvalue weighted by Crippen LogP contribution is 2.44. The minimum Gasteiger partial charge on any atom is -0.338 e. The molecule has 3 heterocycles. The highest BCUT2D eigenvalue weighted by molar-refractivity contribution is 7.99. The zero-order valence-electron chi connectivity index (χ0n) is 18.0. The van der Waals surface area contributed by atoms with Gasteiger partial charge in [-0.15, -0.1) is 11.3 Å². The highest BCUT2D eigenvalue weighted by Gasteiger charge is 2.30. The van der Waals surface area contributed by atoms with E-state index in [0.717, 1.165) is 34.3 Å². The van der Waals surface area contributed by atoms with Crippen LogP contribution in [0, 0.1) is 0 Å². The second-order valence-corrected chi connectivity index (χ2v) is 11.1. The molecule has 4 aromatic rings. The van der Waals surface area contributed by atoms with Crippen LogP contribution in [0.15, 0.2) is 50.2 Å². The van der Waals surface area contributed by atoms with Gasteiger partial charge in [0, 0.05) is 5.41 Å². The van der Waals surface area contributed by atoms with Crippen LogP contribution in [0.2, 0.25) is 0 Å². The molecule has 1 aliphatic carbocycles. The summed E-state index contributed by atoms with van der Waals surface area (Å²) in [7, 11) is 0. The van der Waals surface area contributed by atoms with Gasteiger partial charge in [0.2, 0.25) is 5.89 Å². The van der Waals surface area contributed by atoms with Crippen molar-refractivity contribution >= 4 is 33.3 Å². The molecule has 1 atom stereocenters. The van der Waals surface area contributed by atoms with E-state index in [9.17, 15) is 4.79 Å². The van der Waals surface area contributed by atoms with E-state index in [2.05, 4.69) is 36.3 Å². The van der Waals surface area contributed by atoms with Crippen LogP contribution < -0.4 is 5.56 Å². The fourth-order valence-electron chi connectivity index (χ4n) is 3.49. The number of rotatable bonds is 5. The van der Waals surface area contributed by atoms with Crippen molar-refractivity contribution in [3.05, 3.63) is 63.3 Å². The van der Waals surface area contributed by atoms with Crippen molar-refractivity contribution in [1.29, 1.82) is 0 Å². The molecular weight excluding hydrogens is 428 g/mol. The Bertz CT molecular complexity index is 1300. The largest absolute Gasteiger partial charge is 0.338 e. The van der Waals surface area contributed by atoms with Gasteiger partial charge in [0.25, 0.3) is 5.56 Å². The number of para-hydroxylation sites is 1. The van der Waals surface area contributed by atoms with Gasteiger partial charge in [-0.3, -0.25) is 9.36 Å². The first-order valence-electron chi connectivity index (χ1n) is 10.4. The van der Waals surface area contributed by atoms with Crippen LogP contribution >= 0.6 is 23.1 Å². The Morgan fingerprint density at radius 3 is 2.58 bits per heavy atom. The number of aromatic nitrogens is 4. The number of benzene rings is 1. The number of thioether (sulfide) groups is 1. The minimum absolute atomic E-state index is 0.00467. The molecule has 0 N–H and O–H groups in total. The molecule has 3 aromatic heterocycles. The van der Waals surface area contributed by atoms with E-state index >= 15 is 0 Å². The number of nitrogens with zero attached hydrogens (tertiary/aromatic N) is 4. The normalized spacial score (nSPS) is 15.5. The third kappa shape index (κ3) is 3.83. The summed E-state index contributed by atoms with van der Waals surface area (Å²) in [6.07, 6.45) is 2.30. The van der Waals surface area contributed by atoms with Crippen molar-refractivity contribution in [2.24, 2.45) is 0 Å². The van der Waals surface area contributed by atoms with Gasteiger partial charge in [0.05, 0.1) is 16.3 Å². The maximum atomic E-state index is 13.7. The van der Waals surface area contributed by atoms with Crippen LogP contribution in [0.25, 0.3) is 15.9 Å². The third-order valence-electron chi connectivity index (χ3n) is 5.38. The zero-order chi connectivity index (χ0) is 21.8. The van der Waals surface area contributed by atoms with Gasteiger partial charge in [0.1, 0.15) is 4.83 Å². The average molecular weight is 453 g/mol. The number of fused-ring (bicyclic) bond motifs is 1. The quantitative estimate of drug-likeness (QED) is 0.279. The Labute approximate surface area is 188 Å². The molecule has 0 amide bonds. The SMILES string of the molecule is C[C@H](Sc1nc2scc(C3CC3)c2c(=O)n1-c1ccccc1)c1nc(C(C)(C)C)no1. The molecule has 0 radical (unpaired) electrons. The highest BCUT2D eigenvalue weighted by atomic mass is 32.2. The molecule has 0 unspecified atom stereocenters. The van der Waals surface area contributed by atoms with E-state index in [0.29, 0.717) is 22.8 Å². The smallest absolute Gasteiger partial charge is 0.267 e. The lowest BCUT2D eigenvalue weighted by atomic mass is 9.96. The lowest BCUT2D eigenvalue weighted by Gasteiger charge is -2.14. The molecule has 1 aromatic carbocycles. The second kappa shape index (κ2) is 7.60. The van der Waals surface area contributed by atoms with E-state index < -0.39 is 0 Å². The van der Waals surface area contributed by atoms with Crippen LogP contribution in [0.5, 0.6) is 0 Å². The zero-order valence-corrected chi connectivity index (χ0v) is 19.6. The summed E-state index contributed by atoms with van der Waals surface area (Å²) in [4.78, 5) is 24.0. The summed E-state index contributed by atoms with van der Waals surface area (Å²) in [5, 5.41) is 7.50. The first-order valence-corrected chi connectivity index (χ1v) is 12.2. The molecule has 0 bridgehead atoms. The van der Waals surface area contributed by atoms with Crippen LogP contribution in [-0.2, 0) is 5.41 Å². The van der Waals surface area contributed by atoms with Crippen molar-refractivity contribution in [2.45, 2.75) is 62.3 Å². The van der Waals surface area contributed by atoms with Gasteiger partial charge >= 0.3 is 0 Å². The minimum atomic E-state index is -0.189. The third-order valence-corrected chi connectivity index (χ3v) is 7.31. The monoisotopic (exact) mass is 452 g/mol. The van der Waals surface area contributed by atoms with E-state index in [1.807, 2.05) is 37.3 Å². The Hall–Kier alpha value is -2.45. The number of hydrogen-bond donors (Lipinski definition) is 0. The van der Waals surface area contributed by atoms with Crippen molar-refractivity contribution in [3.8, 4) is 5.69 Å². The summed E-state index contributed by atoms with van der Waals surface area (Å²) in [6.45, 7) is 8.16. The van der Waals surface area contributed by atoms with Gasteiger partial charge in [-0.05, 0) is 48.8 Å². The van der Waals surface area contributed by atoms with Crippen molar-refractivity contribution in [1.82, 2.24) is 19.7 Å². The maximum Gasteiger partial charge on any atom is 0.267 e. The van der Waals surface area contributed by atoms with Crippen molar-refractivity contribution in [3.63, 3.8) is 0 Å². The molecule has 8 heteroatoms. The Kier molecular flexibility index (Phi) is 5.01. The van der Waals surface area contributed by atoms with Gasteiger partial charge in [-0.25, -0.2) is 4.98 Å². The summed E-state index contributed by atoms with van der Waals surface area (Å²) in [5.74, 6) is 1.71.